The summed E-state index contributed by atoms with van der Waals surface area (Å²) in [4.78, 5) is 23.4. The molecule has 0 spiro atoms. The Bertz CT molecular complexity index is 731. The first kappa shape index (κ1) is 20.4. The number of aryl methyl sites for hydroxylation is 1. The lowest BCUT2D eigenvalue weighted by Gasteiger charge is -2.34. The van der Waals surface area contributed by atoms with Crippen molar-refractivity contribution in [3.8, 4) is 0 Å². The molecule has 8 heteroatoms. The Morgan fingerprint density at radius 2 is 1.77 bits per heavy atom. The fourth-order valence-electron chi connectivity index (χ4n) is 3.10. The van der Waals surface area contributed by atoms with Crippen LogP contribution in [0.4, 0.5) is 0 Å². The molecule has 2 rings (SSSR count). The average Bonchev–Trinajstić information content (AvgIpc) is 2.62. The Hall–Kier alpha value is -1.93. The van der Waals surface area contributed by atoms with Gasteiger partial charge in [-0.05, 0) is 45.2 Å². The smallest absolute Gasteiger partial charge is 0.309 e. The minimum Gasteiger partial charge on any atom is -0.348 e. The van der Waals surface area contributed by atoms with Crippen molar-refractivity contribution >= 4 is 21.8 Å². The third-order valence-electron chi connectivity index (χ3n) is 4.51. The molecule has 1 saturated heterocycles. The third kappa shape index (κ3) is 5.04. The van der Waals surface area contributed by atoms with E-state index in [-0.39, 0.29) is 12.6 Å². The highest BCUT2D eigenvalue weighted by atomic mass is 32.2. The van der Waals surface area contributed by atoms with Crippen molar-refractivity contribution in [2.45, 2.75) is 50.5 Å². The van der Waals surface area contributed by atoms with Gasteiger partial charge in [-0.1, -0.05) is 24.1 Å². The Kier molecular flexibility index (Phi) is 7.16. The van der Waals surface area contributed by atoms with Crippen LogP contribution in [-0.4, -0.2) is 50.2 Å². The molecule has 144 valence electrons. The highest BCUT2D eigenvalue weighted by Crippen LogP contribution is 2.27. The highest BCUT2D eigenvalue weighted by molar-refractivity contribution is 7.89. The van der Waals surface area contributed by atoms with Gasteiger partial charge in [-0.2, -0.15) is 4.31 Å². The lowest BCUT2D eigenvalue weighted by molar-refractivity contribution is -0.139. The second kappa shape index (κ2) is 9.14. The number of amides is 2. The number of hydrogen-bond acceptors (Lipinski definition) is 4. The zero-order valence-electron chi connectivity index (χ0n) is 15.3. The van der Waals surface area contributed by atoms with E-state index < -0.39 is 21.8 Å². The van der Waals surface area contributed by atoms with Crippen LogP contribution in [-0.2, 0) is 19.6 Å². The molecule has 2 amide bonds. The molecule has 26 heavy (non-hydrogen) atoms. The lowest BCUT2D eigenvalue weighted by Crippen LogP contribution is -2.46. The molecule has 1 aliphatic rings. The highest BCUT2D eigenvalue weighted by Gasteiger charge is 2.33. The molecule has 1 atom stereocenters. The van der Waals surface area contributed by atoms with Crippen LogP contribution in [0.25, 0.3) is 0 Å². The van der Waals surface area contributed by atoms with Crippen molar-refractivity contribution in [1.29, 1.82) is 0 Å². The van der Waals surface area contributed by atoms with Gasteiger partial charge in [0, 0.05) is 25.7 Å². The molecule has 2 N–H and O–H groups in total. The molecular formula is C18H27N3O4S. The van der Waals surface area contributed by atoms with E-state index in [9.17, 15) is 18.0 Å². The number of nitrogens with one attached hydrogen (secondary N) is 2. The second-order valence-corrected chi connectivity index (χ2v) is 8.37. The summed E-state index contributed by atoms with van der Waals surface area (Å²) < 4.78 is 27.5. The molecule has 0 aromatic heterocycles. The predicted octanol–water partition coefficient (Wildman–Crippen LogP) is 1.18. The molecule has 0 saturated carbocycles. The van der Waals surface area contributed by atoms with Crippen LogP contribution in [0.1, 0.15) is 38.2 Å². The Labute approximate surface area is 155 Å². The molecule has 0 unspecified atom stereocenters. The summed E-state index contributed by atoms with van der Waals surface area (Å²) in [5.41, 5.74) is 1.01. The molecular weight excluding hydrogens is 354 g/mol. The van der Waals surface area contributed by atoms with Crippen molar-refractivity contribution < 1.29 is 18.0 Å². The fraction of sp³-hybridized carbons (Fsp3) is 0.556. The van der Waals surface area contributed by atoms with Gasteiger partial charge in [0.2, 0.25) is 10.0 Å². The summed E-state index contributed by atoms with van der Waals surface area (Å²) >= 11 is 0. The quantitative estimate of drug-likeness (QED) is 0.724. The van der Waals surface area contributed by atoms with E-state index in [2.05, 4.69) is 10.6 Å². The van der Waals surface area contributed by atoms with Crippen LogP contribution in [0.15, 0.2) is 29.2 Å². The number of carbonyl (C=O) groups is 2. The minimum absolute atomic E-state index is 0.176. The first-order valence-electron chi connectivity index (χ1n) is 9.00. The van der Waals surface area contributed by atoms with Gasteiger partial charge in [0.25, 0.3) is 0 Å². The number of sulfonamides is 1. The summed E-state index contributed by atoms with van der Waals surface area (Å²) in [7, 11) is -3.56. The Morgan fingerprint density at radius 1 is 1.12 bits per heavy atom. The van der Waals surface area contributed by atoms with Crippen molar-refractivity contribution in [3.05, 3.63) is 29.8 Å². The van der Waals surface area contributed by atoms with Crippen molar-refractivity contribution in [2.75, 3.05) is 19.6 Å². The van der Waals surface area contributed by atoms with Gasteiger partial charge in [0.1, 0.15) is 0 Å². The third-order valence-corrected chi connectivity index (χ3v) is 6.47. The van der Waals surface area contributed by atoms with Crippen LogP contribution < -0.4 is 10.6 Å². The van der Waals surface area contributed by atoms with Crippen molar-refractivity contribution in [3.63, 3.8) is 0 Å². The molecule has 1 heterocycles. The molecule has 1 aromatic rings. The van der Waals surface area contributed by atoms with E-state index in [1.807, 2.05) is 6.92 Å². The van der Waals surface area contributed by atoms with Crippen LogP contribution in [0.5, 0.6) is 0 Å². The molecule has 1 aliphatic heterocycles. The van der Waals surface area contributed by atoms with Crippen LogP contribution in [0, 0.1) is 6.92 Å². The van der Waals surface area contributed by atoms with Gasteiger partial charge in [0.05, 0.1) is 4.90 Å². The molecule has 0 bridgehead atoms. The number of hydrogen-bond donors (Lipinski definition) is 2. The minimum atomic E-state index is -3.56. The first-order valence-corrected chi connectivity index (χ1v) is 10.4. The van der Waals surface area contributed by atoms with E-state index >= 15 is 0 Å². The monoisotopic (exact) mass is 381 g/mol. The summed E-state index contributed by atoms with van der Waals surface area (Å²) in [5, 5.41) is 5.00. The van der Waals surface area contributed by atoms with Gasteiger partial charge in [-0.3, -0.25) is 9.59 Å². The van der Waals surface area contributed by atoms with E-state index in [1.54, 1.807) is 35.5 Å². The normalized spacial score (nSPS) is 18.3. The van der Waals surface area contributed by atoms with Crippen LogP contribution in [0.3, 0.4) is 0 Å². The van der Waals surface area contributed by atoms with Crippen LogP contribution in [0.2, 0.25) is 0 Å². The maximum Gasteiger partial charge on any atom is 0.309 e. The molecule has 0 aliphatic carbocycles. The first-order chi connectivity index (χ1) is 12.4. The number of piperidine rings is 1. The maximum absolute atomic E-state index is 13.0. The zero-order chi connectivity index (χ0) is 19.2. The number of benzene rings is 1. The number of nitrogens with zero attached hydrogens (tertiary/aromatic N) is 1. The van der Waals surface area contributed by atoms with Gasteiger partial charge in [-0.25, -0.2) is 8.42 Å². The Morgan fingerprint density at radius 3 is 2.42 bits per heavy atom. The van der Waals surface area contributed by atoms with Gasteiger partial charge in [-0.15, -0.1) is 0 Å². The topological polar surface area (TPSA) is 95.6 Å². The molecule has 1 fully saturated rings. The summed E-state index contributed by atoms with van der Waals surface area (Å²) in [5.74, 6) is -1.35. The standard InChI is InChI=1S/C18H27N3O4S/c1-3-19-17(22)18(23)20-12-11-15-6-4-5-13-21(15)26(24,25)16-9-7-14(2)8-10-16/h7-10,15H,3-6,11-13H2,1-2H3,(H,19,22)(H,20,23)/t15-/m0/s1. The van der Waals surface area contributed by atoms with Gasteiger partial charge < -0.3 is 10.6 Å². The van der Waals surface area contributed by atoms with E-state index in [4.69, 9.17) is 0 Å². The fourth-order valence-corrected chi connectivity index (χ4v) is 4.82. The largest absolute Gasteiger partial charge is 0.348 e. The average molecular weight is 381 g/mol. The van der Waals surface area contributed by atoms with Gasteiger partial charge in [0.15, 0.2) is 0 Å². The van der Waals surface area contributed by atoms with Crippen molar-refractivity contribution in [2.24, 2.45) is 0 Å². The number of carbonyl (C=O) groups excluding carboxylic acids is 2. The van der Waals surface area contributed by atoms with Crippen LogP contribution >= 0.6 is 0 Å². The molecule has 0 radical (unpaired) electrons. The lowest BCUT2D eigenvalue weighted by atomic mass is 10.0. The van der Waals surface area contributed by atoms with E-state index in [1.165, 1.54) is 0 Å². The number of rotatable bonds is 6. The second-order valence-electron chi connectivity index (χ2n) is 6.48. The Balaban J connectivity index is 2.02. The zero-order valence-corrected chi connectivity index (χ0v) is 16.1. The summed E-state index contributed by atoms with van der Waals surface area (Å²) in [6.07, 6.45) is 3.01. The molecule has 7 nitrogen and oxygen atoms in total. The number of likely N-dealkylation sites (N-methyl/N-ethyl adjacent to an activating group) is 1. The van der Waals surface area contributed by atoms with E-state index in [0.29, 0.717) is 24.4 Å². The van der Waals surface area contributed by atoms with Gasteiger partial charge >= 0.3 is 11.8 Å². The summed E-state index contributed by atoms with van der Waals surface area (Å²) in [6.45, 7) is 4.78. The molecule has 1 aromatic carbocycles. The predicted molar refractivity (Wildman–Crippen MR) is 99.0 cm³/mol. The summed E-state index contributed by atoms with van der Waals surface area (Å²) in [6, 6.07) is 6.67. The van der Waals surface area contributed by atoms with Crippen molar-refractivity contribution in [1.82, 2.24) is 14.9 Å². The van der Waals surface area contributed by atoms with E-state index in [0.717, 1.165) is 24.8 Å². The maximum atomic E-state index is 13.0. The SMILES string of the molecule is CCNC(=O)C(=O)NCC[C@@H]1CCCCN1S(=O)(=O)c1ccc(C)cc1.